The highest BCUT2D eigenvalue weighted by Gasteiger charge is 2.13. The largest absolute Gasteiger partial charge is 0.433 e. The van der Waals surface area contributed by atoms with Gasteiger partial charge in [-0.25, -0.2) is 4.98 Å². The van der Waals surface area contributed by atoms with Crippen molar-refractivity contribution in [2.75, 3.05) is 11.1 Å². The number of ether oxygens (including phenoxy) is 1. The van der Waals surface area contributed by atoms with E-state index in [1.54, 1.807) is 12.1 Å². The summed E-state index contributed by atoms with van der Waals surface area (Å²) in [5.74, 6) is -0.305. The molecule has 0 saturated carbocycles. The van der Waals surface area contributed by atoms with Crippen LogP contribution >= 0.6 is 11.8 Å². The Hall–Kier alpha value is -2.61. The molecule has 1 aromatic heterocycles. The second-order valence-electron chi connectivity index (χ2n) is 5.15. The van der Waals surface area contributed by atoms with Crippen LogP contribution in [0.2, 0.25) is 0 Å². The Kier molecular flexibility index (Phi) is 5.18. The number of benzene rings is 2. The first-order chi connectivity index (χ1) is 12.0. The van der Waals surface area contributed by atoms with E-state index in [-0.39, 0.29) is 23.1 Å². The summed E-state index contributed by atoms with van der Waals surface area (Å²) in [6, 6.07) is 13.7. The summed E-state index contributed by atoms with van der Waals surface area (Å²) in [4.78, 5) is 16.6. The molecule has 0 aliphatic heterocycles. The van der Waals surface area contributed by atoms with E-state index in [0.29, 0.717) is 5.16 Å². The highest BCUT2D eigenvalue weighted by molar-refractivity contribution is 7.99. The van der Waals surface area contributed by atoms with E-state index in [1.165, 1.54) is 23.9 Å². The molecule has 0 fully saturated rings. The van der Waals surface area contributed by atoms with E-state index >= 15 is 0 Å². The highest BCUT2D eigenvalue weighted by Crippen LogP contribution is 2.27. The predicted octanol–water partition coefficient (Wildman–Crippen LogP) is 3.91. The number of aryl methyl sites for hydroxylation is 1. The smallest absolute Gasteiger partial charge is 0.387 e. The number of alkyl halides is 2. The van der Waals surface area contributed by atoms with Gasteiger partial charge < -0.3 is 14.6 Å². The summed E-state index contributed by atoms with van der Waals surface area (Å²) in [7, 11) is 1.88. The number of fused-ring (bicyclic) bond motifs is 1. The molecule has 3 rings (SSSR count). The molecule has 2 aromatic carbocycles. The van der Waals surface area contributed by atoms with Crippen LogP contribution in [0.4, 0.5) is 14.5 Å². The Balaban J connectivity index is 1.66. The molecule has 130 valence electrons. The van der Waals surface area contributed by atoms with Gasteiger partial charge in [0.25, 0.3) is 0 Å². The van der Waals surface area contributed by atoms with Crippen LogP contribution in [0.5, 0.6) is 5.75 Å². The van der Waals surface area contributed by atoms with Crippen molar-refractivity contribution in [3.63, 3.8) is 0 Å². The third kappa shape index (κ3) is 4.08. The van der Waals surface area contributed by atoms with Gasteiger partial charge in [-0.2, -0.15) is 8.78 Å². The lowest BCUT2D eigenvalue weighted by Gasteiger charge is -2.11. The molecule has 0 radical (unpaired) electrons. The molecule has 0 saturated heterocycles. The number of carbonyl (C=O) groups is 1. The zero-order chi connectivity index (χ0) is 17.8. The Morgan fingerprint density at radius 1 is 1.24 bits per heavy atom. The highest BCUT2D eigenvalue weighted by atomic mass is 32.2. The number of thioether (sulfide) groups is 1. The van der Waals surface area contributed by atoms with E-state index in [4.69, 9.17) is 0 Å². The average Bonchev–Trinajstić information content (AvgIpc) is 2.91. The third-order valence-corrected chi connectivity index (χ3v) is 4.49. The maximum Gasteiger partial charge on any atom is 0.387 e. The number of nitrogens with zero attached hydrogens (tertiary/aromatic N) is 2. The molecule has 0 aliphatic carbocycles. The lowest BCUT2D eigenvalue weighted by molar-refractivity contribution is -0.113. The van der Waals surface area contributed by atoms with E-state index < -0.39 is 6.61 Å². The Bertz CT molecular complexity index is 898. The molecule has 1 amide bonds. The fourth-order valence-corrected chi connectivity index (χ4v) is 3.12. The first kappa shape index (κ1) is 17.2. The van der Waals surface area contributed by atoms with Crippen LogP contribution < -0.4 is 10.1 Å². The SMILES string of the molecule is Cn1c(SCC(=O)Nc2ccccc2OC(F)F)nc2ccccc21. The zero-order valence-corrected chi connectivity index (χ0v) is 14.1. The second-order valence-corrected chi connectivity index (χ2v) is 6.10. The number of amides is 1. The number of anilines is 1. The number of hydrogen-bond acceptors (Lipinski definition) is 4. The van der Waals surface area contributed by atoms with E-state index in [1.807, 2.05) is 35.9 Å². The van der Waals surface area contributed by atoms with Gasteiger partial charge in [-0.3, -0.25) is 4.79 Å². The van der Waals surface area contributed by atoms with E-state index in [2.05, 4.69) is 15.0 Å². The molecule has 0 unspecified atom stereocenters. The van der Waals surface area contributed by atoms with Gasteiger partial charge in [-0.1, -0.05) is 36.0 Å². The number of halogens is 2. The fraction of sp³-hybridized carbons (Fsp3) is 0.176. The Morgan fingerprint density at radius 2 is 1.96 bits per heavy atom. The Morgan fingerprint density at radius 3 is 2.72 bits per heavy atom. The van der Waals surface area contributed by atoms with Crippen molar-refractivity contribution in [3.05, 3.63) is 48.5 Å². The van der Waals surface area contributed by atoms with Crippen LogP contribution in [-0.4, -0.2) is 27.8 Å². The second kappa shape index (κ2) is 7.52. The van der Waals surface area contributed by atoms with Crippen molar-refractivity contribution in [3.8, 4) is 5.75 Å². The number of carbonyl (C=O) groups excluding carboxylic acids is 1. The monoisotopic (exact) mass is 363 g/mol. The van der Waals surface area contributed by atoms with E-state index in [9.17, 15) is 13.6 Å². The lowest BCUT2D eigenvalue weighted by Crippen LogP contribution is -2.16. The summed E-state index contributed by atoms with van der Waals surface area (Å²) >= 11 is 1.27. The molecule has 25 heavy (non-hydrogen) atoms. The number of para-hydroxylation sites is 4. The van der Waals surface area contributed by atoms with Crippen molar-refractivity contribution in [2.24, 2.45) is 7.05 Å². The molecule has 3 aromatic rings. The summed E-state index contributed by atoms with van der Waals surface area (Å²) in [5, 5.41) is 3.29. The van der Waals surface area contributed by atoms with Gasteiger partial charge in [0.2, 0.25) is 5.91 Å². The van der Waals surface area contributed by atoms with Gasteiger partial charge in [-0.15, -0.1) is 0 Å². The predicted molar refractivity (Wildman–Crippen MR) is 93.1 cm³/mol. The molecule has 1 N–H and O–H groups in total. The third-order valence-electron chi connectivity index (χ3n) is 3.46. The summed E-state index contributed by atoms with van der Waals surface area (Å²) in [6.07, 6.45) is 0. The van der Waals surface area contributed by atoms with E-state index in [0.717, 1.165) is 11.0 Å². The molecule has 0 atom stereocenters. The van der Waals surface area contributed by atoms with Crippen LogP contribution in [0.15, 0.2) is 53.7 Å². The van der Waals surface area contributed by atoms with Crippen molar-refractivity contribution in [1.29, 1.82) is 0 Å². The van der Waals surface area contributed by atoms with Gasteiger partial charge >= 0.3 is 6.61 Å². The summed E-state index contributed by atoms with van der Waals surface area (Å²) in [6.45, 7) is -2.95. The lowest BCUT2D eigenvalue weighted by atomic mass is 10.3. The quantitative estimate of drug-likeness (QED) is 0.675. The molecular formula is C17H15F2N3O2S. The van der Waals surface area contributed by atoms with Crippen LogP contribution in [-0.2, 0) is 11.8 Å². The molecule has 0 spiro atoms. The van der Waals surface area contributed by atoms with Crippen molar-refractivity contribution in [2.45, 2.75) is 11.8 Å². The number of imidazole rings is 1. The van der Waals surface area contributed by atoms with Crippen molar-refractivity contribution >= 4 is 34.4 Å². The standard InChI is InChI=1S/C17H15F2N3O2S/c1-22-13-8-4-2-6-11(13)21-17(22)25-10-15(23)20-12-7-3-5-9-14(12)24-16(18)19/h2-9,16H,10H2,1H3,(H,20,23). The molecule has 5 nitrogen and oxygen atoms in total. The number of rotatable bonds is 6. The van der Waals surface area contributed by atoms with Crippen LogP contribution in [0.1, 0.15) is 0 Å². The minimum absolute atomic E-state index is 0.0708. The fourth-order valence-electron chi connectivity index (χ4n) is 2.34. The van der Waals surface area contributed by atoms with Gasteiger partial charge in [-0.05, 0) is 24.3 Å². The minimum Gasteiger partial charge on any atom is -0.433 e. The zero-order valence-electron chi connectivity index (χ0n) is 13.3. The van der Waals surface area contributed by atoms with Gasteiger partial charge in [0, 0.05) is 7.05 Å². The van der Waals surface area contributed by atoms with Crippen molar-refractivity contribution < 1.29 is 18.3 Å². The average molecular weight is 363 g/mol. The molecule has 1 heterocycles. The maximum atomic E-state index is 12.4. The van der Waals surface area contributed by atoms with Crippen LogP contribution in [0.3, 0.4) is 0 Å². The first-order valence-corrected chi connectivity index (χ1v) is 8.41. The normalized spacial score (nSPS) is 11.0. The summed E-state index contributed by atoms with van der Waals surface area (Å²) in [5.41, 5.74) is 2.03. The van der Waals surface area contributed by atoms with Gasteiger partial charge in [0.15, 0.2) is 5.16 Å². The summed E-state index contributed by atoms with van der Waals surface area (Å²) < 4.78 is 31.1. The van der Waals surface area contributed by atoms with Gasteiger partial charge in [0.05, 0.1) is 22.5 Å². The topological polar surface area (TPSA) is 56.2 Å². The maximum absolute atomic E-state index is 12.4. The first-order valence-electron chi connectivity index (χ1n) is 7.42. The molecule has 0 bridgehead atoms. The van der Waals surface area contributed by atoms with Crippen LogP contribution in [0, 0.1) is 0 Å². The van der Waals surface area contributed by atoms with Crippen molar-refractivity contribution in [1.82, 2.24) is 9.55 Å². The van der Waals surface area contributed by atoms with Gasteiger partial charge in [0.1, 0.15) is 5.75 Å². The number of hydrogen-bond donors (Lipinski definition) is 1. The molecule has 8 heteroatoms. The molecular weight excluding hydrogens is 348 g/mol. The molecule has 0 aliphatic rings. The Labute approximate surface area is 147 Å². The number of nitrogens with one attached hydrogen (secondary N) is 1. The number of aromatic nitrogens is 2. The minimum atomic E-state index is -2.95. The van der Waals surface area contributed by atoms with Crippen LogP contribution in [0.25, 0.3) is 11.0 Å².